The molecule has 2 unspecified atom stereocenters. The molecule has 2 fully saturated rings. The molecule has 7 heteroatoms. The summed E-state index contributed by atoms with van der Waals surface area (Å²) in [6.07, 6.45) is 4.37. The summed E-state index contributed by atoms with van der Waals surface area (Å²) in [6, 6.07) is 13.5. The van der Waals surface area contributed by atoms with Gasteiger partial charge in [-0.2, -0.15) is 0 Å². The van der Waals surface area contributed by atoms with Gasteiger partial charge in [-0.3, -0.25) is 9.59 Å². The van der Waals surface area contributed by atoms with Crippen molar-refractivity contribution in [3.63, 3.8) is 0 Å². The van der Waals surface area contributed by atoms with Crippen LogP contribution in [0, 0.1) is 5.92 Å². The molecule has 32 heavy (non-hydrogen) atoms. The van der Waals surface area contributed by atoms with Gasteiger partial charge in [0.05, 0.1) is 19.1 Å². The van der Waals surface area contributed by atoms with E-state index in [0.29, 0.717) is 18.0 Å². The molecule has 0 bridgehead atoms. The average molecular weight is 437 g/mol. The zero-order chi connectivity index (χ0) is 22.1. The first-order valence-electron chi connectivity index (χ1n) is 11.3. The molecule has 2 aromatic carbocycles. The van der Waals surface area contributed by atoms with E-state index in [1.54, 1.807) is 12.0 Å². The van der Waals surface area contributed by atoms with E-state index < -0.39 is 0 Å². The first-order chi connectivity index (χ1) is 15.6. The van der Waals surface area contributed by atoms with Gasteiger partial charge in [-0.05, 0) is 42.7 Å². The third-order valence-electron chi connectivity index (χ3n) is 6.68. The molecule has 168 valence electrons. The van der Waals surface area contributed by atoms with E-state index in [1.807, 2.05) is 47.4 Å². The Bertz CT molecular complexity index is 1010. The lowest BCUT2D eigenvalue weighted by atomic mass is 9.98. The van der Waals surface area contributed by atoms with Gasteiger partial charge in [-0.15, -0.1) is 0 Å². The Labute approximate surface area is 187 Å². The number of hydrogen-bond donors (Lipinski definition) is 0. The van der Waals surface area contributed by atoms with Gasteiger partial charge in [-0.1, -0.05) is 25.0 Å². The molecule has 2 amide bonds. The van der Waals surface area contributed by atoms with Gasteiger partial charge in [0.1, 0.15) is 5.75 Å². The van der Waals surface area contributed by atoms with Crippen LogP contribution >= 0.6 is 0 Å². The molecule has 0 saturated carbocycles. The number of likely N-dealkylation sites (tertiary alicyclic amines) is 1. The van der Waals surface area contributed by atoms with Crippen LogP contribution in [0.25, 0.3) is 0 Å². The predicted octanol–water partition coefficient (Wildman–Crippen LogP) is 3.92. The molecule has 0 aliphatic carbocycles. The molecule has 3 aliphatic rings. The van der Waals surface area contributed by atoms with Crippen molar-refractivity contribution in [3.8, 4) is 17.2 Å². The van der Waals surface area contributed by atoms with Gasteiger partial charge in [0.2, 0.25) is 18.6 Å². The largest absolute Gasteiger partial charge is 0.497 e. The van der Waals surface area contributed by atoms with Crippen molar-refractivity contribution < 1.29 is 23.8 Å². The summed E-state index contributed by atoms with van der Waals surface area (Å²) in [5, 5.41) is 0. The van der Waals surface area contributed by atoms with Gasteiger partial charge in [0.15, 0.2) is 11.5 Å². The van der Waals surface area contributed by atoms with Crippen molar-refractivity contribution in [2.24, 2.45) is 5.92 Å². The van der Waals surface area contributed by atoms with Crippen LogP contribution in [0.4, 0.5) is 5.69 Å². The quantitative estimate of drug-likeness (QED) is 0.727. The van der Waals surface area contributed by atoms with Gasteiger partial charge < -0.3 is 24.0 Å². The maximum Gasteiger partial charge on any atom is 0.231 e. The highest BCUT2D eigenvalue weighted by Gasteiger charge is 2.39. The van der Waals surface area contributed by atoms with E-state index in [9.17, 15) is 9.59 Å². The lowest BCUT2D eigenvalue weighted by Crippen LogP contribution is -2.40. The number of carbonyl (C=O) groups is 2. The van der Waals surface area contributed by atoms with Gasteiger partial charge in [-0.25, -0.2) is 0 Å². The molecular formula is C25H28N2O5. The number of methoxy groups -OCH3 is 1. The van der Waals surface area contributed by atoms with E-state index in [4.69, 9.17) is 14.2 Å². The highest BCUT2D eigenvalue weighted by atomic mass is 16.7. The molecule has 2 saturated heterocycles. The van der Waals surface area contributed by atoms with Crippen molar-refractivity contribution >= 4 is 17.5 Å². The van der Waals surface area contributed by atoms with E-state index in [0.717, 1.165) is 49.2 Å². The van der Waals surface area contributed by atoms with Crippen LogP contribution in [-0.2, 0) is 9.59 Å². The average Bonchev–Trinajstić information content (AvgIpc) is 3.37. The van der Waals surface area contributed by atoms with Crippen molar-refractivity contribution in [1.82, 2.24) is 4.90 Å². The summed E-state index contributed by atoms with van der Waals surface area (Å²) in [6.45, 7) is 1.31. The second kappa shape index (κ2) is 8.73. The maximum atomic E-state index is 13.6. The Kier molecular flexibility index (Phi) is 5.64. The number of anilines is 1. The van der Waals surface area contributed by atoms with Crippen LogP contribution in [0.3, 0.4) is 0 Å². The molecule has 2 aromatic rings. The van der Waals surface area contributed by atoms with Crippen LogP contribution in [0.2, 0.25) is 0 Å². The summed E-state index contributed by atoms with van der Waals surface area (Å²) in [5.74, 6) is 1.83. The highest BCUT2D eigenvalue weighted by Crippen LogP contribution is 2.38. The smallest absolute Gasteiger partial charge is 0.231 e. The number of amides is 2. The van der Waals surface area contributed by atoms with Crippen molar-refractivity contribution in [2.75, 3.05) is 31.9 Å². The molecule has 3 aliphatic heterocycles. The number of hydrogen-bond acceptors (Lipinski definition) is 5. The van der Waals surface area contributed by atoms with Crippen molar-refractivity contribution in [3.05, 3.63) is 48.0 Å². The van der Waals surface area contributed by atoms with Gasteiger partial charge >= 0.3 is 0 Å². The lowest BCUT2D eigenvalue weighted by Gasteiger charge is -2.32. The number of benzene rings is 2. The predicted molar refractivity (Wildman–Crippen MR) is 119 cm³/mol. The minimum absolute atomic E-state index is 0.0296. The first kappa shape index (κ1) is 20.7. The summed E-state index contributed by atoms with van der Waals surface area (Å²) in [7, 11) is 1.65. The summed E-state index contributed by atoms with van der Waals surface area (Å²) in [4.78, 5) is 30.2. The minimum atomic E-state index is -0.341. The second-order valence-corrected chi connectivity index (χ2v) is 8.61. The van der Waals surface area contributed by atoms with Crippen LogP contribution < -0.4 is 19.1 Å². The summed E-state index contributed by atoms with van der Waals surface area (Å²) < 4.78 is 16.1. The fraction of sp³-hybridized carbons (Fsp3) is 0.440. The van der Waals surface area contributed by atoms with E-state index in [2.05, 4.69) is 0 Å². The fourth-order valence-electron chi connectivity index (χ4n) is 4.95. The third kappa shape index (κ3) is 3.87. The Morgan fingerprint density at radius 2 is 1.84 bits per heavy atom. The number of ether oxygens (including phenoxy) is 3. The SMILES string of the molecule is COc1ccc(C2CCCCCN2C(=O)C2CC(=O)N(c3ccc4c(c3)OCO4)C2)cc1. The molecule has 7 nitrogen and oxygen atoms in total. The Balaban J connectivity index is 1.35. The monoisotopic (exact) mass is 436 g/mol. The summed E-state index contributed by atoms with van der Waals surface area (Å²) in [5.41, 5.74) is 1.87. The van der Waals surface area contributed by atoms with Crippen molar-refractivity contribution in [1.29, 1.82) is 0 Å². The van der Waals surface area contributed by atoms with Crippen LogP contribution in [0.1, 0.15) is 43.7 Å². The maximum absolute atomic E-state index is 13.6. The molecule has 0 radical (unpaired) electrons. The molecule has 0 N–H and O–H groups in total. The molecule has 3 heterocycles. The number of rotatable bonds is 4. The van der Waals surface area contributed by atoms with E-state index in [1.165, 1.54) is 0 Å². The third-order valence-corrected chi connectivity index (χ3v) is 6.68. The first-order valence-corrected chi connectivity index (χ1v) is 11.3. The lowest BCUT2D eigenvalue weighted by molar-refractivity contribution is -0.138. The second-order valence-electron chi connectivity index (χ2n) is 8.61. The minimum Gasteiger partial charge on any atom is -0.497 e. The number of nitrogens with zero attached hydrogens (tertiary/aromatic N) is 2. The van der Waals surface area contributed by atoms with Crippen LogP contribution in [0.15, 0.2) is 42.5 Å². The van der Waals surface area contributed by atoms with Crippen molar-refractivity contribution in [2.45, 2.75) is 38.1 Å². The van der Waals surface area contributed by atoms with E-state index in [-0.39, 0.29) is 37.0 Å². The highest BCUT2D eigenvalue weighted by molar-refractivity contribution is 6.00. The van der Waals surface area contributed by atoms with Gasteiger partial charge in [0, 0.05) is 31.3 Å². The van der Waals surface area contributed by atoms with Crippen LogP contribution in [-0.4, -0.2) is 43.7 Å². The zero-order valence-corrected chi connectivity index (χ0v) is 18.3. The molecule has 2 atom stereocenters. The standard InChI is InChI=1S/C25H28N2O5/c1-30-20-9-6-17(7-10-20)21-5-3-2-4-12-26(21)25(29)18-13-24(28)27(15-18)19-8-11-22-23(14-19)32-16-31-22/h6-11,14,18,21H,2-5,12-13,15-16H2,1H3. The zero-order valence-electron chi connectivity index (χ0n) is 18.3. The summed E-state index contributed by atoms with van der Waals surface area (Å²) >= 11 is 0. The number of carbonyl (C=O) groups excluding carboxylic acids is 2. The molecular weight excluding hydrogens is 408 g/mol. The Morgan fingerprint density at radius 1 is 1.03 bits per heavy atom. The number of fused-ring (bicyclic) bond motifs is 1. The fourth-order valence-corrected chi connectivity index (χ4v) is 4.95. The molecule has 0 spiro atoms. The van der Waals surface area contributed by atoms with Crippen LogP contribution in [0.5, 0.6) is 17.2 Å². The van der Waals surface area contributed by atoms with E-state index >= 15 is 0 Å². The normalized spacial score (nSPS) is 22.7. The Morgan fingerprint density at radius 3 is 2.66 bits per heavy atom. The van der Waals surface area contributed by atoms with Gasteiger partial charge in [0.25, 0.3) is 0 Å². The Hall–Kier alpha value is -3.22. The topological polar surface area (TPSA) is 68.3 Å². The molecule has 0 aromatic heterocycles. The molecule has 5 rings (SSSR count).